The normalized spacial score (nSPS) is 17.0. The lowest BCUT2D eigenvalue weighted by molar-refractivity contribution is 0.0928. The molecule has 3 aromatic rings. The topological polar surface area (TPSA) is 100 Å². The molecule has 0 aliphatic heterocycles. The minimum absolute atomic E-state index is 0.0651. The SMILES string of the molecule is Cc1cnc(Nc2nc(C(O)CO)cs2)c(OC2CCCc3ncccc32)c1. The Labute approximate surface area is 167 Å². The lowest BCUT2D eigenvalue weighted by atomic mass is 9.93. The van der Waals surface area contributed by atoms with Gasteiger partial charge in [0.05, 0.1) is 12.3 Å². The predicted octanol–water partition coefficient (Wildman–Crippen LogP) is 3.47. The van der Waals surface area contributed by atoms with E-state index >= 15 is 0 Å². The average molecular weight is 398 g/mol. The smallest absolute Gasteiger partial charge is 0.188 e. The summed E-state index contributed by atoms with van der Waals surface area (Å²) < 4.78 is 6.36. The zero-order chi connectivity index (χ0) is 19.5. The van der Waals surface area contributed by atoms with Crippen LogP contribution in [0.2, 0.25) is 0 Å². The maximum absolute atomic E-state index is 9.73. The lowest BCUT2D eigenvalue weighted by Gasteiger charge is -2.26. The molecule has 0 spiro atoms. The number of aliphatic hydroxyl groups excluding tert-OH is 2. The second kappa shape index (κ2) is 8.22. The molecule has 3 aromatic heterocycles. The van der Waals surface area contributed by atoms with Gasteiger partial charge in [0.15, 0.2) is 16.7 Å². The fourth-order valence-electron chi connectivity index (χ4n) is 3.26. The molecule has 0 saturated heterocycles. The van der Waals surface area contributed by atoms with E-state index in [9.17, 15) is 5.11 Å². The Kier molecular flexibility index (Phi) is 5.52. The Hall–Kier alpha value is -2.55. The summed E-state index contributed by atoms with van der Waals surface area (Å²) in [5.41, 5.74) is 3.65. The van der Waals surface area contributed by atoms with Gasteiger partial charge < -0.3 is 20.3 Å². The molecule has 0 aromatic carbocycles. The summed E-state index contributed by atoms with van der Waals surface area (Å²) in [5.74, 6) is 1.22. The standard InChI is InChI=1S/C20H22N4O3S/c1-12-8-18(27-17-6-2-5-14-13(17)4-3-7-21-14)19(22-9-12)24-20-23-15(11-28-20)16(26)10-25/h3-4,7-9,11,16-17,25-26H,2,5-6,10H2,1H3,(H,22,23,24). The van der Waals surface area contributed by atoms with Crippen LogP contribution in [-0.2, 0) is 6.42 Å². The number of ether oxygens (including phenoxy) is 1. The van der Waals surface area contributed by atoms with E-state index in [0.717, 1.165) is 36.1 Å². The van der Waals surface area contributed by atoms with E-state index < -0.39 is 6.10 Å². The van der Waals surface area contributed by atoms with Gasteiger partial charge in [-0.25, -0.2) is 9.97 Å². The van der Waals surface area contributed by atoms with E-state index in [1.807, 2.05) is 25.3 Å². The maximum atomic E-state index is 9.73. The van der Waals surface area contributed by atoms with Gasteiger partial charge in [-0.3, -0.25) is 4.98 Å². The second-order valence-corrected chi connectivity index (χ2v) is 7.66. The molecule has 0 amide bonds. The number of fused-ring (bicyclic) bond motifs is 1. The van der Waals surface area contributed by atoms with Gasteiger partial charge in [-0.1, -0.05) is 6.07 Å². The highest BCUT2D eigenvalue weighted by Gasteiger charge is 2.24. The van der Waals surface area contributed by atoms with E-state index in [0.29, 0.717) is 22.4 Å². The highest BCUT2D eigenvalue weighted by Crippen LogP contribution is 2.36. The van der Waals surface area contributed by atoms with Gasteiger partial charge in [-0.05, 0) is 43.9 Å². The molecule has 3 N–H and O–H groups in total. The van der Waals surface area contributed by atoms with Crippen LogP contribution in [0.25, 0.3) is 0 Å². The van der Waals surface area contributed by atoms with Gasteiger partial charge in [0.25, 0.3) is 0 Å². The minimum Gasteiger partial charge on any atom is -0.482 e. The molecule has 0 fully saturated rings. The van der Waals surface area contributed by atoms with Crippen LogP contribution in [0.5, 0.6) is 5.75 Å². The number of pyridine rings is 2. The third-order valence-corrected chi connectivity index (χ3v) is 5.45. The third-order valence-electron chi connectivity index (χ3n) is 4.67. The predicted molar refractivity (Wildman–Crippen MR) is 107 cm³/mol. The molecule has 2 atom stereocenters. The highest BCUT2D eigenvalue weighted by molar-refractivity contribution is 7.13. The first-order valence-corrected chi connectivity index (χ1v) is 10.1. The van der Waals surface area contributed by atoms with Crippen molar-refractivity contribution in [3.05, 3.63) is 58.5 Å². The Bertz CT molecular complexity index is 962. The molecule has 28 heavy (non-hydrogen) atoms. The van der Waals surface area contributed by atoms with Crippen molar-refractivity contribution in [1.82, 2.24) is 15.0 Å². The number of aromatic nitrogens is 3. The van der Waals surface area contributed by atoms with E-state index in [4.69, 9.17) is 9.84 Å². The summed E-state index contributed by atoms with van der Waals surface area (Å²) in [4.78, 5) is 13.3. The molecule has 2 unspecified atom stereocenters. The highest BCUT2D eigenvalue weighted by atomic mass is 32.1. The summed E-state index contributed by atoms with van der Waals surface area (Å²) in [6.07, 6.45) is 5.47. The number of nitrogens with zero attached hydrogens (tertiary/aromatic N) is 3. The van der Waals surface area contributed by atoms with Crippen molar-refractivity contribution >= 4 is 22.3 Å². The van der Waals surface area contributed by atoms with Gasteiger partial charge in [0.2, 0.25) is 0 Å². The van der Waals surface area contributed by atoms with Crippen LogP contribution in [0.15, 0.2) is 36.0 Å². The number of thiazole rings is 1. The third kappa shape index (κ3) is 3.99. The van der Waals surface area contributed by atoms with Gasteiger partial charge >= 0.3 is 0 Å². The van der Waals surface area contributed by atoms with Crippen LogP contribution in [-0.4, -0.2) is 31.8 Å². The number of aryl methyl sites for hydroxylation is 2. The maximum Gasteiger partial charge on any atom is 0.188 e. The fraction of sp³-hybridized carbons (Fsp3) is 0.350. The van der Waals surface area contributed by atoms with Crippen molar-refractivity contribution in [2.45, 2.75) is 38.4 Å². The van der Waals surface area contributed by atoms with Crippen LogP contribution in [0.4, 0.5) is 10.9 Å². The average Bonchev–Trinajstić information content (AvgIpc) is 3.18. The summed E-state index contributed by atoms with van der Waals surface area (Å²) in [6, 6.07) is 5.97. The zero-order valence-electron chi connectivity index (χ0n) is 15.5. The van der Waals surface area contributed by atoms with E-state index in [-0.39, 0.29) is 12.7 Å². The first kappa shape index (κ1) is 18.8. The van der Waals surface area contributed by atoms with Gasteiger partial charge in [0.1, 0.15) is 12.2 Å². The van der Waals surface area contributed by atoms with Crippen molar-refractivity contribution in [3.63, 3.8) is 0 Å². The van der Waals surface area contributed by atoms with Crippen LogP contribution >= 0.6 is 11.3 Å². The Balaban J connectivity index is 1.58. The Morgan fingerprint density at radius 3 is 3.14 bits per heavy atom. The van der Waals surface area contributed by atoms with Crippen LogP contribution in [0.3, 0.4) is 0 Å². The molecule has 7 nitrogen and oxygen atoms in total. The molecular formula is C20H22N4O3S. The molecule has 0 bridgehead atoms. The number of rotatable bonds is 6. The molecule has 8 heteroatoms. The fourth-order valence-corrected chi connectivity index (χ4v) is 4.01. The molecule has 146 valence electrons. The van der Waals surface area contributed by atoms with Crippen LogP contribution < -0.4 is 10.1 Å². The van der Waals surface area contributed by atoms with Crippen molar-refractivity contribution in [1.29, 1.82) is 0 Å². The molecule has 0 saturated carbocycles. The number of anilines is 2. The second-order valence-electron chi connectivity index (χ2n) is 6.80. The van der Waals surface area contributed by atoms with Crippen molar-refractivity contribution < 1.29 is 14.9 Å². The summed E-state index contributed by atoms with van der Waals surface area (Å²) >= 11 is 1.34. The molecule has 0 radical (unpaired) electrons. The first-order chi connectivity index (χ1) is 13.6. The van der Waals surface area contributed by atoms with E-state index in [1.54, 1.807) is 11.6 Å². The number of hydrogen-bond donors (Lipinski definition) is 3. The van der Waals surface area contributed by atoms with Crippen molar-refractivity contribution in [2.24, 2.45) is 0 Å². The largest absolute Gasteiger partial charge is 0.482 e. The lowest BCUT2D eigenvalue weighted by Crippen LogP contribution is -2.17. The molecule has 1 aliphatic carbocycles. The summed E-state index contributed by atoms with van der Waals surface area (Å²) in [5, 5.41) is 24.3. The molecule has 4 rings (SSSR count). The van der Waals surface area contributed by atoms with Gasteiger partial charge in [-0.2, -0.15) is 0 Å². The molecule has 1 aliphatic rings. The Morgan fingerprint density at radius 1 is 1.39 bits per heavy atom. The number of hydrogen-bond acceptors (Lipinski definition) is 8. The van der Waals surface area contributed by atoms with Crippen LogP contribution in [0, 0.1) is 6.92 Å². The van der Waals surface area contributed by atoms with E-state index in [2.05, 4.69) is 26.3 Å². The van der Waals surface area contributed by atoms with E-state index in [1.165, 1.54) is 11.3 Å². The summed E-state index contributed by atoms with van der Waals surface area (Å²) in [6.45, 7) is 1.61. The summed E-state index contributed by atoms with van der Waals surface area (Å²) in [7, 11) is 0. The molecular weight excluding hydrogens is 376 g/mol. The molecule has 3 heterocycles. The Morgan fingerprint density at radius 2 is 2.29 bits per heavy atom. The minimum atomic E-state index is -0.986. The zero-order valence-corrected chi connectivity index (χ0v) is 16.3. The van der Waals surface area contributed by atoms with Crippen molar-refractivity contribution in [2.75, 3.05) is 11.9 Å². The quantitative estimate of drug-likeness (QED) is 0.584. The van der Waals surface area contributed by atoms with Crippen LogP contribution in [0.1, 0.15) is 47.6 Å². The monoisotopic (exact) mass is 398 g/mol. The number of nitrogens with one attached hydrogen (secondary N) is 1. The number of aliphatic hydroxyl groups is 2. The first-order valence-electron chi connectivity index (χ1n) is 9.22. The van der Waals surface area contributed by atoms with Gasteiger partial charge in [0, 0.05) is 29.0 Å². The van der Waals surface area contributed by atoms with Crippen molar-refractivity contribution in [3.8, 4) is 5.75 Å². The van der Waals surface area contributed by atoms with Gasteiger partial charge in [-0.15, -0.1) is 11.3 Å².